The minimum atomic E-state index is -0.0341. The van der Waals surface area contributed by atoms with Crippen molar-refractivity contribution in [2.45, 2.75) is 26.8 Å². The lowest BCUT2D eigenvalue weighted by Gasteiger charge is -2.17. The Morgan fingerprint density at radius 2 is 2.05 bits per heavy atom. The number of anilines is 1. The molecule has 0 bridgehead atoms. The summed E-state index contributed by atoms with van der Waals surface area (Å²) in [6, 6.07) is 5.48. The van der Waals surface area contributed by atoms with Crippen LogP contribution in [-0.2, 0) is 4.79 Å². The molecule has 1 amide bonds. The van der Waals surface area contributed by atoms with E-state index in [1.54, 1.807) is 19.2 Å². The van der Waals surface area contributed by atoms with E-state index in [1.165, 1.54) is 0 Å². The Bertz CT molecular complexity index is 435. The molecule has 1 aromatic carbocycles. The van der Waals surface area contributed by atoms with Crippen LogP contribution in [0, 0.1) is 5.92 Å². The van der Waals surface area contributed by atoms with E-state index in [9.17, 15) is 4.79 Å². The molecule has 0 aromatic heterocycles. The van der Waals surface area contributed by atoms with Crippen LogP contribution in [0.1, 0.15) is 20.8 Å². The normalized spacial score (nSPS) is 12.1. The molecular formula is C14H21ClN2O2. The Hall–Kier alpha value is -1.42. The third-order valence-electron chi connectivity index (χ3n) is 2.99. The third kappa shape index (κ3) is 4.99. The molecule has 1 aromatic rings. The van der Waals surface area contributed by atoms with Gasteiger partial charge in [0.1, 0.15) is 5.75 Å². The number of amides is 1. The molecule has 0 aliphatic rings. The van der Waals surface area contributed by atoms with Crippen LogP contribution in [0.25, 0.3) is 0 Å². The summed E-state index contributed by atoms with van der Waals surface area (Å²) in [7, 11) is 1.56. The molecule has 19 heavy (non-hydrogen) atoms. The summed E-state index contributed by atoms with van der Waals surface area (Å²) < 4.78 is 5.07. The molecule has 1 atom stereocenters. The summed E-state index contributed by atoms with van der Waals surface area (Å²) in [4.78, 5) is 11.7. The lowest BCUT2D eigenvalue weighted by atomic mass is 10.1. The van der Waals surface area contributed by atoms with Crippen LogP contribution < -0.4 is 15.4 Å². The van der Waals surface area contributed by atoms with E-state index in [1.807, 2.05) is 13.0 Å². The van der Waals surface area contributed by atoms with Crippen molar-refractivity contribution in [1.29, 1.82) is 0 Å². The second-order valence-corrected chi connectivity index (χ2v) is 5.21. The first-order valence-electron chi connectivity index (χ1n) is 6.30. The number of carbonyl (C=O) groups excluding carboxylic acids is 1. The average Bonchev–Trinajstić information content (AvgIpc) is 2.36. The molecule has 0 heterocycles. The largest absolute Gasteiger partial charge is 0.495 e. The molecule has 2 N–H and O–H groups in total. The highest BCUT2D eigenvalue weighted by Gasteiger charge is 2.10. The van der Waals surface area contributed by atoms with Gasteiger partial charge in [0, 0.05) is 11.7 Å². The Morgan fingerprint density at radius 1 is 1.37 bits per heavy atom. The summed E-state index contributed by atoms with van der Waals surface area (Å²) in [6.07, 6.45) is 0. The van der Waals surface area contributed by atoms with Gasteiger partial charge < -0.3 is 15.4 Å². The van der Waals surface area contributed by atoms with Gasteiger partial charge in [-0.1, -0.05) is 25.4 Å². The van der Waals surface area contributed by atoms with Gasteiger partial charge in [0.05, 0.1) is 18.7 Å². The van der Waals surface area contributed by atoms with Crippen LogP contribution in [0.5, 0.6) is 5.75 Å². The van der Waals surface area contributed by atoms with Crippen LogP contribution in [-0.4, -0.2) is 25.6 Å². The highest BCUT2D eigenvalue weighted by molar-refractivity contribution is 6.32. The second kappa shape index (κ2) is 7.24. The topological polar surface area (TPSA) is 50.4 Å². The fourth-order valence-corrected chi connectivity index (χ4v) is 1.69. The molecule has 4 nitrogen and oxygen atoms in total. The van der Waals surface area contributed by atoms with Crippen molar-refractivity contribution in [2.24, 2.45) is 5.92 Å². The number of halogens is 1. The zero-order chi connectivity index (χ0) is 14.4. The van der Waals surface area contributed by atoms with Gasteiger partial charge in [-0.15, -0.1) is 0 Å². The number of ether oxygens (including phenoxy) is 1. The maximum atomic E-state index is 11.7. The van der Waals surface area contributed by atoms with Crippen LogP contribution in [0.4, 0.5) is 5.69 Å². The Balaban J connectivity index is 2.48. The lowest BCUT2D eigenvalue weighted by Crippen LogP contribution is -2.39. The van der Waals surface area contributed by atoms with Crippen molar-refractivity contribution >= 4 is 23.2 Å². The molecule has 0 saturated heterocycles. The third-order valence-corrected chi connectivity index (χ3v) is 3.29. The standard InChI is InChI=1S/C14H21ClN2O2/c1-9(2)10(3)17-14(18)8-16-11-5-6-13(19-4)12(15)7-11/h5-7,9-10,16H,8H2,1-4H3,(H,17,18). The molecule has 1 rings (SSSR count). The maximum absolute atomic E-state index is 11.7. The smallest absolute Gasteiger partial charge is 0.239 e. The fraction of sp³-hybridized carbons (Fsp3) is 0.500. The maximum Gasteiger partial charge on any atom is 0.239 e. The van der Waals surface area contributed by atoms with E-state index in [4.69, 9.17) is 16.3 Å². The molecular weight excluding hydrogens is 264 g/mol. The minimum absolute atomic E-state index is 0.0341. The Labute approximate surface area is 119 Å². The lowest BCUT2D eigenvalue weighted by molar-refractivity contribution is -0.120. The summed E-state index contributed by atoms with van der Waals surface area (Å²) in [5, 5.41) is 6.47. The van der Waals surface area contributed by atoms with Crippen molar-refractivity contribution in [2.75, 3.05) is 19.0 Å². The summed E-state index contributed by atoms with van der Waals surface area (Å²) >= 11 is 6.01. The molecule has 0 radical (unpaired) electrons. The van der Waals surface area contributed by atoms with Gasteiger partial charge in [-0.2, -0.15) is 0 Å². The van der Waals surface area contributed by atoms with Gasteiger partial charge in [0.15, 0.2) is 0 Å². The van der Waals surface area contributed by atoms with E-state index >= 15 is 0 Å². The monoisotopic (exact) mass is 284 g/mol. The van der Waals surface area contributed by atoms with Gasteiger partial charge in [-0.25, -0.2) is 0 Å². The average molecular weight is 285 g/mol. The van der Waals surface area contributed by atoms with Crippen LogP contribution in [0.2, 0.25) is 5.02 Å². The number of methoxy groups -OCH3 is 1. The zero-order valence-corrected chi connectivity index (χ0v) is 12.5. The van der Waals surface area contributed by atoms with Gasteiger partial charge in [-0.05, 0) is 31.0 Å². The molecule has 1 unspecified atom stereocenters. The van der Waals surface area contributed by atoms with Crippen molar-refractivity contribution in [3.8, 4) is 5.75 Å². The summed E-state index contributed by atoms with van der Waals surface area (Å²) in [5.41, 5.74) is 0.790. The first-order valence-corrected chi connectivity index (χ1v) is 6.68. The first kappa shape index (κ1) is 15.6. The van der Waals surface area contributed by atoms with E-state index in [0.29, 0.717) is 16.7 Å². The van der Waals surface area contributed by atoms with Crippen LogP contribution >= 0.6 is 11.6 Å². The molecule has 0 saturated carbocycles. The van der Waals surface area contributed by atoms with Crippen molar-refractivity contribution in [3.05, 3.63) is 23.2 Å². The number of carbonyl (C=O) groups is 1. The Kier molecular flexibility index (Phi) is 5.96. The highest BCUT2D eigenvalue weighted by Crippen LogP contribution is 2.26. The predicted octanol–water partition coefficient (Wildman–Crippen LogP) is 2.92. The zero-order valence-electron chi connectivity index (χ0n) is 11.8. The number of benzene rings is 1. The molecule has 0 aliphatic heterocycles. The fourth-order valence-electron chi connectivity index (χ4n) is 1.43. The van der Waals surface area contributed by atoms with Crippen molar-refractivity contribution in [3.63, 3.8) is 0 Å². The predicted molar refractivity (Wildman–Crippen MR) is 78.9 cm³/mol. The van der Waals surface area contributed by atoms with Gasteiger partial charge >= 0.3 is 0 Å². The Morgan fingerprint density at radius 3 is 2.58 bits per heavy atom. The second-order valence-electron chi connectivity index (χ2n) is 4.80. The summed E-state index contributed by atoms with van der Waals surface area (Å²) in [5.74, 6) is 0.998. The van der Waals surface area contributed by atoms with E-state index in [-0.39, 0.29) is 18.5 Å². The molecule has 0 aliphatic carbocycles. The van der Waals surface area contributed by atoms with Crippen molar-refractivity contribution in [1.82, 2.24) is 5.32 Å². The van der Waals surface area contributed by atoms with Gasteiger partial charge in [0.2, 0.25) is 5.91 Å². The van der Waals surface area contributed by atoms with Gasteiger partial charge in [-0.3, -0.25) is 4.79 Å². The quantitative estimate of drug-likeness (QED) is 0.844. The number of nitrogens with one attached hydrogen (secondary N) is 2. The number of hydrogen-bond donors (Lipinski definition) is 2. The summed E-state index contributed by atoms with van der Waals surface area (Å²) in [6.45, 7) is 6.36. The molecule has 0 fully saturated rings. The van der Waals surface area contributed by atoms with E-state index < -0.39 is 0 Å². The SMILES string of the molecule is COc1ccc(NCC(=O)NC(C)C(C)C)cc1Cl. The van der Waals surface area contributed by atoms with Gasteiger partial charge in [0.25, 0.3) is 0 Å². The highest BCUT2D eigenvalue weighted by atomic mass is 35.5. The first-order chi connectivity index (χ1) is 8.93. The number of rotatable bonds is 6. The molecule has 5 heteroatoms. The van der Waals surface area contributed by atoms with E-state index in [2.05, 4.69) is 24.5 Å². The molecule has 106 valence electrons. The van der Waals surface area contributed by atoms with Crippen LogP contribution in [0.3, 0.4) is 0 Å². The number of hydrogen-bond acceptors (Lipinski definition) is 3. The minimum Gasteiger partial charge on any atom is -0.495 e. The van der Waals surface area contributed by atoms with E-state index in [0.717, 1.165) is 5.69 Å². The molecule has 0 spiro atoms. The van der Waals surface area contributed by atoms with Crippen LogP contribution in [0.15, 0.2) is 18.2 Å². The van der Waals surface area contributed by atoms with Crippen molar-refractivity contribution < 1.29 is 9.53 Å².